The van der Waals surface area contributed by atoms with Gasteiger partial charge in [-0.25, -0.2) is 0 Å². The molecule has 13 heavy (non-hydrogen) atoms. The van der Waals surface area contributed by atoms with E-state index in [1.807, 2.05) is 0 Å². The molecule has 1 aliphatic carbocycles. The van der Waals surface area contributed by atoms with Crippen LogP contribution in [0.5, 0.6) is 0 Å². The maximum atomic E-state index is 3.45. The highest BCUT2D eigenvalue weighted by molar-refractivity contribution is 6.37. The molecule has 0 atom stereocenters. The minimum atomic E-state index is 0. The van der Waals surface area contributed by atoms with Crippen LogP contribution in [0, 0.1) is 5.92 Å². The van der Waals surface area contributed by atoms with E-state index in [-0.39, 0.29) is 12.4 Å². The average molecular weight is 214 g/mol. The van der Waals surface area contributed by atoms with Crippen LogP contribution in [0.15, 0.2) is 0 Å². The summed E-state index contributed by atoms with van der Waals surface area (Å²) < 4.78 is 2.87. The highest BCUT2D eigenvalue weighted by Crippen LogP contribution is 2.31. The van der Waals surface area contributed by atoms with E-state index in [0.717, 1.165) is 0 Å². The van der Waals surface area contributed by atoms with Crippen molar-refractivity contribution in [3.05, 3.63) is 0 Å². The van der Waals surface area contributed by atoms with Crippen LogP contribution in [0.3, 0.4) is 0 Å². The van der Waals surface area contributed by atoms with Gasteiger partial charge in [0.15, 0.2) is 0 Å². The van der Waals surface area contributed by atoms with E-state index in [1.165, 1.54) is 42.3 Å². The highest BCUT2D eigenvalue weighted by atomic mass is 35.5. The van der Waals surface area contributed by atoms with E-state index in [0.29, 0.717) is 20.4 Å². The Morgan fingerprint density at radius 2 is 1.77 bits per heavy atom. The molecule has 1 saturated heterocycles. The van der Waals surface area contributed by atoms with Gasteiger partial charge in [0.1, 0.15) is 0 Å². The Hall–Kier alpha value is 1.02. The summed E-state index contributed by atoms with van der Waals surface area (Å²) in [7, 11) is 0. The smallest absolute Gasteiger partial charge is 0.317 e. The lowest BCUT2D eigenvalue weighted by Crippen LogP contribution is -2.28. The van der Waals surface area contributed by atoms with Crippen molar-refractivity contribution in [2.45, 2.75) is 40.7 Å². The third kappa shape index (κ3) is 3.94. The van der Waals surface area contributed by atoms with Gasteiger partial charge in [0.25, 0.3) is 0 Å². The monoisotopic (exact) mass is 213 g/mol. The predicted molar refractivity (Wildman–Crippen MR) is 61.0 cm³/mol. The summed E-state index contributed by atoms with van der Waals surface area (Å²) in [4.78, 5) is 0. The minimum absolute atomic E-state index is 0. The molecule has 1 heterocycles. The number of rotatable bonds is 3. The molecule has 1 aliphatic heterocycles. The lowest BCUT2D eigenvalue weighted by molar-refractivity contribution is 0.343. The van der Waals surface area contributed by atoms with Gasteiger partial charge in [-0.3, -0.25) is 0 Å². The first-order valence-electron chi connectivity index (χ1n) is 5.66. The normalized spacial score (nSPS) is 24.3. The second-order valence-electron chi connectivity index (χ2n) is 4.57. The van der Waals surface area contributed by atoms with E-state index in [4.69, 9.17) is 0 Å². The zero-order valence-corrected chi connectivity index (χ0v) is 10.7. The van der Waals surface area contributed by atoms with Crippen molar-refractivity contribution in [1.82, 2.24) is 5.32 Å². The molecule has 1 saturated carbocycles. The summed E-state index contributed by atoms with van der Waals surface area (Å²) in [5.41, 5.74) is 0. The summed E-state index contributed by atoms with van der Waals surface area (Å²) in [6, 6.07) is 0. The quantitative estimate of drug-likeness (QED) is 0.711. The minimum Gasteiger partial charge on any atom is -0.317 e. The van der Waals surface area contributed by atoms with Crippen molar-refractivity contribution in [1.29, 1.82) is 0 Å². The standard InChI is InChI=1S/C5H10N.C5H9.ClH.Mg/c1-2-4-6-5-3-1;1-5-3-2-4-5;;/h1,6H,2-5H2;5H,1-4H2;1H;. The van der Waals surface area contributed by atoms with Gasteiger partial charge >= 0.3 is 20.4 Å². The van der Waals surface area contributed by atoms with Crippen molar-refractivity contribution in [3.63, 3.8) is 0 Å². The number of nitrogens with one attached hydrogen (secondary N) is 1. The van der Waals surface area contributed by atoms with E-state index in [2.05, 4.69) is 5.32 Å². The van der Waals surface area contributed by atoms with Gasteiger partial charge in [0, 0.05) is 0 Å². The van der Waals surface area contributed by atoms with Crippen molar-refractivity contribution < 1.29 is 0 Å². The fraction of sp³-hybridized carbons (Fsp3) is 1.00. The first kappa shape index (κ1) is 12.1. The number of halogens is 1. The second-order valence-corrected chi connectivity index (χ2v) is 6.88. The highest BCUT2D eigenvalue weighted by Gasteiger charge is 2.21. The molecule has 2 fully saturated rings. The molecule has 2 rings (SSSR count). The number of hydrogen-bond donors (Lipinski definition) is 1. The fourth-order valence-electron chi connectivity index (χ4n) is 2.42. The SMILES string of the molecule is C1CC([CH2][Mg][CH]2CCNCC2)C1.Cl. The molecule has 74 valence electrons. The molecule has 3 heteroatoms. The Bertz CT molecular complexity index is 133. The van der Waals surface area contributed by atoms with E-state index in [9.17, 15) is 0 Å². The maximum absolute atomic E-state index is 3.45. The van der Waals surface area contributed by atoms with Crippen LogP contribution in [0.4, 0.5) is 0 Å². The van der Waals surface area contributed by atoms with Crippen LogP contribution >= 0.6 is 12.4 Å². The largest absolute Gasteiger partial charge is 0.369 e. The van der Waals surface area contributed by atoms with Crippen LogP contribution in [0.25, 0.3) is 0 Å². The molecule has 1 nitrogen and oxygen atoms in total. The summed E-state index contributed by atoms with van der Waals surface area (Å²) in [5, 5.41) is 3.45. The van der Waals surface area contributed by atoms with Gasteiger partial charge in [-0.1, -0.05) is 38.0 Å². The fourth-order valence-corrected chi connectivity index (χ4v) is 4.93. The molecule has 0 spiro atoms. The van der Waals surface area contributed by atoms with Crippen LogP contribution < -0.4 is 5.32 Å². The molecular weight excluding hydrogens is 194 g/mol. The van der Waals surface area contributed by atoms with Crippen molar-refractivity contribution in [2.24, 2.45) is 5.92 Å². The van der Waals surface area contributed by atoms with Gasteiger partial charge in [0.2, 0.25) is 0 Å². The van der Waals surface area contributed by atoms with Gasteiger partial charge in [0.05, 0.1) is 0 Å². The van der Waals surface area contributed by atoms with Crippen LogP contribution in [-0.4, -0.2) is 33.5 Å². The molecule has 1 N–H and O–H groups in total. The number of piperidine rings is 1. The van der Waals surface area contributed by atoms with Gasteiger partial charge in [-0.2, -0.15) is 0 Å². The third-order valence-corrected chi connectivity index (χ3v) is 6.45. The predicted octanol–water partition coefficient (Wildman–Crippen LogP) is 2.50. The van der Waals surface area contributed by atoms with Gasteiger partial charge in [-0.05, 0) is 13.1 Å². The van der Waals surface area contributed by atoms with E-state index < -0.39 is 0 Å². The average Bonchev–Trinajstić information content (AvgIpc) is 2.04. The number of hydrogen-bond acceptors (Lipinski definition) is 1. The molecule has 0 aromatic rings. The molecular formula is C10H20ClMgN. The maximum Gasteiger partial charge on any atom is 0.369 e. The zero-order valence-electron chi connectivity index (χ0n) is 8.43. The summed E-state index contributed by atoms with van der Waals surface area (Å²) in [6.07, 6.45) is 7.67. The first-order valence-corrected chi connectivity index (χ1v) is 7.47. The Morgan fingerprint density at radius 1 is 1.08 bits per heavy atom. The molecule has 0 bridgehead atoms. The van der Waals surface area contributed by atoms with E-state index in [1.54, 1.807) is 17.4 Å². The van der Waals surface area contributed by atoms with Crippen LogP contribution in [-0.2, 0) is 0 Å². The van der Waals surface area contributed by atoms with Crippen molar-refractivity contribution >= 4 is 32.8 Å². The Morgan fingerprint density at radius 3 is 2.31 bits per heavy atom. The lowest BCUT2D eigenvalue weighted by Gasteiger charge is -2.28. The summed E-state index contributed by atoms with van der Waals surface area (Å²) in [5.74, 6) is 1.19. The topological polar surface area (TPSA) is 12.0 Å². The molecule has 0 amide bonds. The Kier molecular flexibility index (Phi) is 6.04. The zero-order chi connectivity index (χ0) is 8.23. The van der Waals surface area contributed by atoms with Crippen molar-refractivity contribution in [3.8, 4) is 0 Å². The summed E-state index contributed by atoms with van der Waals surface area (Å²) >= 11 is 0.318. The van der Waals surface area contributed by atoms with Crippen LogP contribution in [0.1, 0.15) is 32.1 Å². The third-order valence-electron chi connectivity index (χ3n) is 3.67. The molecule has 2 aliphatic rings. The lowest BCUT2D eigenvalue weighted by atomic mass is 9.87. The Balaban J connectivity index is 0.000000845. The molecule has 0 aromatic heterocycles. The molecule has 0 radical (unpaired) electrons. The van der Waals surface area contributed by atoms with Crippen molar-refractivity contribution in [2.75, 3.05) is 13.1 Å². The molecule has 0 unspecified atom stereocenters. The van der Waals surface area contributed by atoms with E-state index >= 15 is 0 Å². The molecule has 0 aromatic carbocycles. The van der Waals surface area contributed by atoms with Crippen LogP contribution in [0.2, 0.25) is 8.60 Å². The van der Waals surface area contributed by atoms with Gasteiger partial charge in [-0.15, -0.1) is 21.0 Å². The van der Waals surface area contributed by atoms with Gasteiger partial charge < -0.3 is 5.32 Å². The first-order chi connectivity index (χ1) is 5.95. The Labute approximate surface area is 97.6 Å². The second kappa shape index (κ2) is 6.49. The summed E-state index contributed by atoms with van der Waals surface area (Å²) in [6.45, 7) is 2.62.